The van der Waals surface area contributed by atoms with Crippen molar-refractivity contribution in [2.24, 2.45) is 0 Å². The number of hydrogen-bond acceptors (Lipinski definition) is 3. The van der Waals surface area contributed by atoms with Crippen molar-refractivity contribution in [3.05, 3.63) is 71.3 Å². The molecule has 0 spiro atoms. The molecular formula is C22H26ClF3N2O2. The second-order valence-electron chi connectivity index (χ2n) is 7.50. The predicted molar refractivity (Wildman–Crippen MR) is 111 cm³/mol. The van der Waals surface area contributed by atoms with Gasteiger partial charge in [-0.15, -0.1) is 12.4 Å². The number of carbonyl (C=O) groups is 1. The van der Waals surface area contributed by atoms with Gasteiger partial charge in [0, 0.05) is 26.7 Å². The molecule has 0 bridgehead atoms. The summed E-state index contributed by atoms with van der Waals surface area (Å²) in [5, 5.41) is 9.80. The summed E-state index contributed by atoms with van der Waals surface area (Å²) >= 11 is 0. The van der Waals surface area contributed by atoms with E-state index in [1.54, 1.807) is 11.9 Å². The maximum absolute atomic E-state index is 12.9. The topological polar surface area (TPSA) is 43.8 Å². The third-order valence-corrected chi connectivity index (χ3v) is 5.36. The zero-order chi connectivity index (χ0) is 21.0. The Labute approximate surface area is 180 Å². The van der Waals surface area contributed by atoms with Crippen LogP contribution < -0.4 is 0 Å². The molecule has 2 atom stereocenters. The number of nitrogens with zero attached hydrogens (tertiary/aromatic N) is 2. The number of β-amino-alcohol motifs (C(OH)–C–C–N with tert-alkyl or cyclic N) is 1. The number of rotatable bonds is 6. The van der Waals surface area contributed by atoms with Crippen molar-refractivity contribution in [1.82, 2.24) is 9.80 Å². The van der Waals surface area contributed by atoms with Crippen molar-refractivity contribution in [3.63, 3.8) is 0 Å². The first-order chi connectivity index (χ1) is 13.7. The van der Waals surface area contributed by atoms with E-state index in [4.69, 9.17) is 0 Å². The van der Waals surface area contributed by atoms with Crippen LogP contribution in [0, 0.1) is 0 Å². The fourth-order valence-corrected chi connectivity index (χ4v) is 3.63. The maximum atomic E-state index is 12.9. The molecule has 1 fully saturated rings. The minimum atomic E-state index is -4.39. The van der Waals surface area contributed by atoms with Crippen molar-refractivity contribution in [1.29, 1.82) is 0 Å². The molecule has 1 saturated heterocycles. The zero-order valence-corrected chi connectivity index (χ0v) is 17.5. The predicted octanol–water partition coefficient (Wildman–Crippen LogP) is 3.94. The first kappa shape index (κ1) is 24.2. The second-order valence-corrected chi connectivity index (χ2v) is 7.50. The van der Waals surface area contributed by atoms with Crippen LogP contribution in [0.3, 0.4) is 0 Å². The molecule has 2 aromatic rings. The van der Waals surface area contributed by atoms with E-state index in [-0.39, 0.29) is 36.9 Å². The van der Waals surface area contributed by atoms with Crippen LogP contribution in [-0.4, -0.2) is 53.6 Å². The Bertz CT molecular complexity index is 815. The summed E-state index contributed by atoms with van der Waals surface area (Å²) in [7, 11) is 1.72. The monoisotopic (exact) mass is 442 g/mol. The van der Waals surface area contributed by atoms with Gasteiger partial charge in [-0.1, -0.05) is 42.5 Å². The van der Waals surface area contributed by atoms with Crippen molar-refractivity contribution in [3.8, 4) is 0 Å². The van der Waals surface area contributed by atoms with Crippen LogP contribution in [-0.2, 0) is 17.4 Å². The van der Waals surface area contributed by atoms with Crippen molar-refractivity contribution < 1.29 is 23.1 Å². The van der Waals surface area contributed by atoms with E-state index in [0.717, 1.165) is 24.2 Å². The molecule has 0 radical (unpaired) electrons. The number of carbonyl (C=O) groups excluding carboxylic acids is 1. The smallest absolute Gasteiger partial charge is 0.392 e. The molecule has 2 aromatic carbocycles. The number of likely N-dealkylation sites (tertiary alicyclic amines) is 1. The van der Waals surface area contributed by atoms with Gasteiger partial charge >= 0.3 is 6.18 Å². The number of alkyl halides is 3. The summed E-state index contributed by atoms with van der Waals surface area (Å²) in [5.41, 5.74) is 0.798. The van der Waals surface area contributed by atoms with Crippen LogP contribution in [0.2, 0.25) is 0 Å². The number of likely N-dealkylation sites (N-methyl/N-ethyl adjacent to an activating group) is 1. The lowest BCUT2D eigenvalue weighted by molar-refractivity contribution is -0.137. The van der Waals surface area contributed by atoms with Crippen LogP contribution in [0.4, 0.5) is 13.2 Å². The van der Waals surface area contributed by atoms with Crippen LogP contribution in [0.25, 0.3) is 0 Å². The summed E-state index contributed by atoms with van der Waals surface area (Å²) < 4.78 is 38.2. The van der Waals surface area contributed by atoms with Gasteiger partial charge in [0.2, 0.25) is 5.91 Å². The maximum Gasteiger partial charge on any atom is 0.416 e. The van der Waals surface area contributed by atoms with Crippen LogP contribution in [0.5, 0.6) is 0 Å². The normalized spacial score (nSPS) is 18.0. The highest BCUT2D eigenvalue weighted by Gasteiger charge is 2.31. The van der Waals surface area contributed by atoms with Crippen molar-refractivity contribution in [2.75, 3.05) is 26.7 Å². The average Bonchev–Trinajstić information content (AvgIpc) is 3.11. The van der Waals surface area contributed by atoms with Gasteiger partial charge in [0.15, 0.2) is 0 Å². The molecule has 0 aliphatic carbocycles. The molecule has 1 amide bonds. The largest absolute Gasteiger partial charge is 0.416 e. The zero-order valence-electron chi connectivity index (χ0n) is 16.7. The third kappa shape index (κ3) is 6.20. The number of aliphatic hydroxyl groups is 1. The average molecular weight is 443 g/mol. The molecule has 0 aromatic heterocycles. The lowest BCUT2D eigenvalue weighted by Gasteiger charge is -2.32. The van der Waals surface area contributed by atoms with Crippen molar-refractivity contribution >= 4 is 18.3 Å². The van der Waals surface area contributed by atoms with Crippen LogP contribution >= 0.6 is 12.4 Å². The Balaban J connectivity index is 0.00000320. The first-order valence-corrected chi connectivity index (χ1v) is 9.61. The Hall–Kier alpha value is -2.09. The van der Waals surface area contributed by atoms with Gasteiger partial charge in [-0.25, -0.2) is 0 Å². The summed E-state index contributed by atoms with van der Waals surface area (Å²) in [4.78, 5) is 16.7. The Kier molecular flexibility index (Phi) is 8.29. The highest BCUT2D eigenvalue weighted by atomic mass is 35.5. The molecule has 164 valence electrons. The number of benzene rings is 2. The van der Waals surface area contributed by atoms with E-state index in [0.29, 0.717) is 25.1 Å². The SMILES string of the molecule is CN(C(=O)Cc1ccc(C(F)(F)F)cc1)C(CN1CC[C@H](O)C1)c1ccccc1.Cl. The molecule has 4 nitrogen and oxygen atoms in total. The highest BCUT2D eigenvalue weighted by Crippen LogP contribution is 2.29. The van der Waals surface area contributed by atoms with Crippen molar-refractivity contribution in [2.45, 2.75) is 31.2 Å². The second kappa shape index (κ2) is 10.3. The van der Waals surface area contributed by atoms with E-state index in [2.05, 4.69) is 4.90 Å². The molecule has 1 aliphatic heterocycles. The minimum Gasteiger partial charge on any atom is -0.392 e. The molecule has 3 rings (SSSR count). The lowest BCUT2D eigenvalue weighted by Crippen LogP contribution is -2.39. The summed E-state index contributed by atoms with van der Waals surface area (Å²) in [6.45, 7) is 1.94. The van der Waals surface area contributed by atoms with E-state index in [9.17, 15) is 23.1 Å². The molecule has 1 unspecified atom stereocenters. The highest BCUT2D eigenvalue weighted by molar-refractivity contribution is 5.85. The fraction of sp³-hybridized carbons (Fsp3) is 0.409. The number of amides is 1. The number of aliphatic hydroxyl groups excluding tert-OH is 1. The van der Waals surface area contributed by atoms with Crippen LogP contribution in [0.15, 0.2) is 54.6 Å². The van der Waals surface area contributed by atoms with E-state index < -0.39 is 11.7 Å². The number of halogens is 4. The van der Waals surface area contributed by atoms with Gasteiger partial charge in [0.25, 0.3) is 0 Å². The molecule has 1 N–H and O–H groups in total. The van der Waals surface area contributed by atoms with E-state index >= 15 is 0 Å². The van der Waals surface area contributed by atoms with Gasteiger partial charge < -0.3 is 10.0 Å². The third-order valence-electron chi connectivity index (χ3n) is 5.36. The minimum absolute atomic E-state index is 0. The first-order valence-electron chi connectivity index (χ1n) is 9.61. The van der Waals surface area contributed by atoms with E-state index in [1.165, 1.54) is 12.1 Å². The Morgan fingerprint density at radius 1 is 1.17 bits per heavy atom. The summed E-state index contributed by atoms with van der Waals surface area (Å²) in [6.07, 6.45) is -4.00. The standard InChI is InChI=1S/C22H25F3N2O2.ClH/c1-26(21(29)13-16-7-9-18(10-8-16)22(23,24)25)20(17-5-3-2-4-6-17)15-27-12-11-19(28)14-27;/h2-10,19-20,28H,11-15H2,1H3;1H/t19-,20?;/m0./s1. The molecule has 1 heterocycles. The Morgan fingerprint density at radius 3 is 2.33 bits per heavy atom. The van der Waals surface area contributed by atoms with Gasteiger partial charge in [-0.3, -0.25) is 9.69 Å². The van der Waals surface area contributed by atoms with Gasteiger partial charge in [-0.2, -0.15) is 13.2 Å². The Morgan fingerprint density at radius 2 is 1.80 bits per heavy atom. The quantitative estimate of drug-likeness (QED) is 0.737. The molecule has 8 heteroatoms. The molecule has 30 heavy (non-hydrogen) atoms. The number of hydrogen-bond donors (Lipinski definition) is 1. The molecule has 1 aliphatic rings. The molecular weight excluding hydrogens is 417 g/mol. The van der Waals surface area contributed by atoms with E-state index in [1.807, 2.05) is 30.3 Å². The summed E-state index contributed by atoms with van der Waals surface area (Å²) in [5.74, 6) is -0.168. The fourth-order valence-electron chi connectivity index (χ4n) is 3.63. The summed E-state index contributed by atoms with van der Waals surface area (Å²) in [6, 6.07) is 14.1. The van der Waals surface area contributed by atoms with Gasteiger partial charge in [0.1, 0.15) is 0 Å². The lowest BCUT2D eigenvalue weighted by atomic mass is 10.0. The van der Waals surface area contributed by atoms with Crippen LogP contribution in [0.1, 0.15) is 29.2 Å². The van der Waals surface area contributed by atoms with Gasteiger partial charge in [-0.05, 0) is 29.7 Å². The molecule has 0 saturated carbocycles. The van der Waals surface area contributed by atoms with Gasteiger partial charge in [0.05, 0.1) is 24.1 Å².